The molecule has 1 aromatic rings. The molecule has 1 aliphatic carbocycles. The van der Waals surface area contributed by atoms with Gasteiger partial charge in [-0.3, -0.25) is 14.9 Å². The van der Waals surface area contributed by atoms with Crippen LogP contribution in [-0.4, -0.2) is 23.4 Å². The van der Waals surface area contributed by atoms with Crippen LogP contribution in [0.1, 0.15) is 37.0 Å². The van der Waals surface area contributed by atoms with Gasteiger partial charge in [0, 0.05) is 24.2 Å². The highest BCUT2D eigenvalue weighted by Gasteiger charge is 2.36. The minimum atomic E-state index is -0.535. The number of nitro benzene ring substituents is 1. The molecule has 6 nitrogen and oxygen atoms in total. The molecule has 21 heavy (non-hydrogen) atoms. The van der Waals surface area contributed by atoms with Crippen LogP contribution >= 0.6 is 11.6 Å². The molecule has 2 N–H and O–H groups in total. The van der Waals surface area contributed by atoms with Gasteiger partial charge in [-0.1, -0.05) is 24.9 Å². The number of amides is 1. The van der Waals surface area contributed by atoms with Gasteiger partial charge < -0.3 is 10.6 Å². The van der Waals surface area contributed by atoms with Crippen LogP contribution in [-0.2, 0) is 0 Å². The third kappa shape index (κ3) is 3.44. The van der Waals surface area contributed by atoms with Crippen molar-refractivity contribution in [3.63, 3.8) is 0 Å². The lowest BCUT2D eigenvalue weighted by atomic mass is 10.1. The predicted octanol–water partition coefficient (Wildman–Crippen LogP) is 3.21. The van der Waals surface area contributed by atoms with Crippen LogP contribution < -0.4 is 10.6 Å². The van der Waals surface area contributed by atoms with E-state index in [1.54, 1.807) is 0 Å². The highest BCUT2D eigenvalue weighted by molar-refractivity contribution is 6.34. The number of hydrogen-bond donors (Lipinski definition) is 2. The van der Waals surface area contributed by atoms with E-state index in [2.05, 4.69) is 17.6 Å². The SMILES string of the molecule is CCNc1c(Cl)cc(C(=O)NC2CC2CC)cc1[N+](=O)[O-]. The zero-order valence-electron chi connectivity index (χ0n) is 12.0. The number of rotatable bonds is 6. The zero-order valence-corrected chi connectivity index (χ0v) is 12.7. The average molecular weight is 312 g/mol. The second-order valence-electron chi connectivity index (χ2n) is 5.12. The highest BCUT2D eigenvalue weighted by Crippen LogP contribution is 2.35. The van der Waals surface area contributed by atoms with Crippen LogP contribution in [0.15, 0.2) is 12.1 Å². The lowest BCUT2D eigenvalue weighted by Crippen LogP contribution is -2.27. The van der Waals surface area contributed by atoms with E-state index in [0.29, 0.717) is 12.5 Å². The maximum atomic E-state index is 12.1. The normalized spacial score (nSPS) is 20.0. The van der Waals surface area contributed by atoms with Crippen molar-refractivity contribution >= 4 is 28.9 Å². The van der Waals surface area contributed by atoms with E-state index in [0.717, 1.165) is 12.8 Å². The van der Waals surface area contributed by atoms with Crippen LogP contribution in [0.5, 0.6) is 0 Å². The largest absolute Gasteiger partial charge is 0.379 e. The molecule has 114 valence electrons. The molecule has 0 aliphatic heterocycles. The molecule has 1 amide bonds. The smallest absolute Gasteiger partial charge is 0.294 e. The molecular weight excluding hydrogens is 294 g/mol. The second-order valence-corrected chi connectivity index (χ2v) is 5.53. The van der Waals surface area contributed by atoms with Gasteiger partial charge in [-0.05, 0) is 25.3 Å². The molecule has 0 spiro atoms. The predicted molar refractivity (Wildman–Crippen MR) is 81.9 cm³/mol. The Morgan fingerprint density at radius 2 is 2.19 bits per heavy atom. The number of anilines is 1. The first-order chi connectivity index (χ1) is 9.97. The van der Waals surface area contributed by atoms with Gasteiger partial charge in [-0.15, -0.1) is 0 Å². The lowest BCUT2D eigenvalue weighted by molar-refractivity contribution is -0.384. The fraction of sp³-hybridized carbons (Fsp3) is 0.500. The molecule has 0 radical (unpaired) electrons. The van der Waals surface area contributed by atoms with E-state index >= 15 is 0 Å². The first kappa shape index (κ1) is 15.6. The van der Waals surface area contributed by atoms with Crippen LogP contribution in [0.2, 0.25) is 5.02 Å². The van der Waals surface area contributed by atoms with Crippen molar-refractivity contribution < 1.29 is 9.72 Å². The Bertz CT molecular complexity index is 577. The third-order valence-electron chi connectivity index (χ3n) is 3.65. The molecule has 1 aliphatic rings. The third-order valence-corrected chi connectivity index (χ3v) is 3.94. The summed E-state index contributed by atoms with van der Waals surface area (Å²) in [6.07, 6.45) is 1.98. The monoisotopic (exact) mass is 311 g/mol. The minimum Gasteiger partial charge on any atom is -0.379 e. The molecule has 0 bridgehead atoms. The summed E-state index contributed by atoms with van der Waals surface area (Å²) < 4.78 is 0. The summed E-state index contributed by atoms with van der Waals surface area (Å²) in [6.45, 7) is 4.40. The van der Waals surface area contributed by atoms with Crippen molar-refractivity contribution in [1.82, 2.24) is 5.32 Å². The Labute approximate surface area is 128 Å². The number of nitrogens with one attached hydrogen (secondary N) is 2. The number of carbonyl (C=O) groups excluding carboxylic acids is 1. The van der Waals surface area contributed by atoms with Gasteiger partial charge in [-0.2, -0.15) is 0 Å². The summed E-state index contributed by atoms with van der Waals surface area (Å²) in [7, 11) is 0. The van der Waals surface area contributed by atoms with E-state index in [1.807, 2.05) is 6.92 Å². The number of hydrogen-bond acceptors (Lipinski definition) is 4. The van der Waals surface area contributed by atoms with E-state index in [9.17, 15) is 14.9 Å². The van der Waals surface area contributed by atoms with Gasteiger partial charge >= 0.3 is 0 Å². The maximum absolute atomic E-state index is 12.1. The molecule has 2 rings (SSSR count). The Morgan fingerprint density at radius 3 is 2.71 bits per heavy atom. The van der Waals surface area contributed by atoms with Gasteiger partial charge in [0.25, 0.3) is 11.6 Å². The second kappa shape index (κ2) is 6.30. The summed E-state index contributed by atoms with van der Waals surface area (Å²) in [4.78, 5) is 22.7. The quantitative estimate of drug-likeness (QED) is 0.624. The maximum Gasteiger partial charge on any atom is 0.294 e. The van der Waals surface area contributed by atoms with Crippen LogP contribution in [0, 0.1) is 16.0 Å². The summed E-state index contributed by atoms with van der Waals surface area (Å²) in [5.41, 5.74) is 0.283. The van der Waals surface area contributed by atoms with Crippen LogP contribution in [0.25, 0.3) is 0 Å². The summed E-state index contributed by atoms with van der Waals surface area (Å²) in [5, 5.41) is 17.0. The van der Waals surface area contributed by atoms with Crippen molar-refractivity contribution in [3.05, 3.63) is 32.8 Å². The fourth-order valence-corrected chi connectivity index (χ4v) is 2.63. The van der Waals surface area contributed by atoms with E-state index in [-0.39, 0.29) is 33.9 Å². The standard InChI is InChI=1S/C14H18ClN3O3/c1-3-8-6-11(8)17-14(19)9-5-10(15)13(16-4-2)12(7-9)18(20)21/h5,7-8,11,16H,3-4,6H2,1-2H3,(H,17,19). The van der Waals surface area contributed by atoms with Crippen LogP contribution in [0.3, 0.4) is 0 Å². The van der Waals surface area contributed by atoms with Gasteiger partial charge in [-0.25, -0.2) is 0 Å². The topological polar surface area (TPSA) is 84.3 Å². The molecule has 1 saturated carbocycles. The molecule has 7 heteroatoms. The van der Waals surface area contributed by atoms with Gasteiger partial charge in [0.1, 0.15) is 5.69 Å². The average Bonchev–Trinajstić information content (AvgIpc) is 3.18. The molecule has 1 fully saturated rings. The number of halogens is 1. The van der Waals surface area contributed by atoms with Crippen LogP contribution in [0.4, 0.5) is 11.4 Å². The Hall–Kier alpha value is -1.82. The lowest BCUT2D eigenvalue weighted by Gasteiger charge is -2.10. The number of carbonyl (C=O) groups is 1. The van der Waals surface area contributed by atoms with Crippen molar-refractivity contribution in [2.75, 3.05) is 11.9 Å². The van der Waals surface area contributed by atoms with Crippen molar-refractivity contribution in [2.45, 2.75) is 32.7 Å². The van der Waals surface area contributed by atoms with Gasteiger partial charge in [0.05, 0.1) is 9.95 Å². The van der Waals surface area contributed by atoms with Crippen molar-refractivity contribution in [3.8, 4) is 0 Å². The molecule has 0 saturated heterocycles. The highest BCUT2D eigenvalue weighted by atomic mass is 35.5. The van der Waals surface area contributed by atoms with Crippen molar-refractivity contribution in [2.24, 2.45) is 5.92 Å². The summed E-state index contributed by atoms with van der Waals surface area (Å²) in [6, 6.07) is 2.90. The summed E-state index contributed by atoms with van der Waals surface area (Å²) in [5.74, 6) is 0.199. The minimum absolute atomic E-state index is 0.175. The Balaban J connectivity index is 2.24. The first-order valence-corrected chi connectivity index (χ1v) is 7.38. The molecule has 0 heterocycles. The number of nitro groups is 1. The van der Waals surface area contributed by atoms with E-state index < -0.39 is 4.92 Å². The summed E-state index contributed by atoms with van der Waals surface area (Å²) >= 11 is 6.06. The van der Waals surface area contributed by atoms with E-state index in [4.69, 9.17) is 11.6 Å². The van der Waals surface area contributed by atoms with Crippen molar-refractivity contribution in [1.29, 1.82) is 0 Å². The van der Waals surface area contributed by atoms with Gasteiger partial charge in [0.15, 0.2) is 0 Å². The zero-order chi connectivity index (χ0) is 15.6. The Kier molecular flexibility index (Phi) is 4.67. The number of benzene rings is 1. The molecule has 0 aromatic heterocycles. The van der Waals surface area contributed by atoms with E-state index in [1.165, 1.54) is 12.1 Å². The first-order valence-electron chi connectivity index (χ1n) is 7.00. The molecular formula is C14H18ClN3O3. The molecule has 1 aromatic carbocycles. The molecule has 2 unspecified atom stereocenters. The molecule has 2 atom stereocenters. The number of nitrogens with zero attached hydrogens (tertiary/aromatic N) is 1. The Morgan fingerprint density at radius 1 is 1.48 bits per heavy atom. The fourth-order valence-electron chi connectivity index (χ4n) is 2.35. The van der Waals surface area contributed by atoms with Gasteiger partial charge in [0.2, 0.25) is 0 Å².